The zero-order valence-corrected chi connectivity index (χ0v) is 12.6. The van der Waals surface area contributed by atoms with E-state index in [0.717, 1.165) is 0 Å². The van der Waals surface area contributed by atoms with Crippen LogP contribution >= 0.6 is 0 Å². The third-order valence-corrected chi connectivity index (χ3v) is 2.18. The summed E-state index contributed by atoms with van der Waals surface area (Å²) >= 11 is 0. The molecule has 0 spiro atoms. The van der Waals surface area contributed by atoms with Crippen molar-refractivity contribution < 1.29 is 42.7 Å². The van der Waals surface area contributed by atoms with E-state index in [-0.39, 0.29) is 49.7 Å². The molecule has 0 saturated heterocycles. The first-order valence-corrected chi connectivity index (χ1v) is 5.07. The van der Waals surface area contributed by atoms with E-state index in [2.05, 4.69) is 17.3 Å². The third kappa shape index (κ3) is 4.22. The molecule has 0 amide bonds. The van der Waals surface area contributed by atoms with Crippen molar-refractivity contribution in [2.24, 2.45) is 4.99 Å². The number of phenolic OH excluding ortho intramolecular Hbond substituents is 1. The summed E-state index contributed by atoms with van der Waals surface area (Å²) in [5.41, 5.74) is 0.576. The monoisotopic (exact) mass is 329 g/mol. The number of para-hydroxylation sites is 1. The molecule has 93 valence electrons. The molecule has 19 heavy (non-hydrogen) atoms. The molecule has 2 aromatic rings. The molecule has 0 fully saturated rings. The molecular formula is C13H8N2O3Y-2. The van der Waals surface area contributed by atoms with Crippen molar-refractivity contribution in [1.29, 1.82) is 0 Å². The van der Waals surface area contributed by atoms with Gasteiger partial charge in [0.1, 0.15) is 0 Å². The molecule has 1 N–H and O–H groups in total. The fraction of sp³-hybridized carbons (Fsp3) is 0. The van der Waals surface area contributed by atoms with Gasteiger partial charge in [-0.05, 0) is 6.21 Å². The van der Waals surface area contributed by atoms with E-state index in [4.69, 9.17) is 0 Å². The number of benzene rings is 2. The van der Waals surface area contributed by atoms with Gasteiger partial charge in [-0.25, -0.2) is 6.07 Å². The van der Waals surface area contributed by atoms with E-state index in [1.54, 1.807) is 24.3 Å². The van der Waals surface area contributed by atoms with Gasteiger partial charge in [-0.2, -0.15) is 24.3 Å². The summed E-state index contributed by atoms with van der Waals surface area (Å²) < 4.78 is 0. The van der Waals surface area contributed by atoms with Crippen molar-refractivity contribution in [1.82, 2.24) is 0 Å². The molecule has 6 heteroatoms. The Hall–Kier alpha value is -1.59. The van der Waals surface area contributed by atoms with Crippen molar-refractivity contribution in [3.05, 3.63) is 64.2 Å². The Morgan fingerprint density at radius 3 is 2.74 bits per heavy atom. The van der Waals surface area contributed by atoms with Crippen LogP contribution < -0.4 is 0 Å². The number of nitro groups is 1. The van der Waals surface area contributed by atoms with Crippen molar-refractivity contribution >= 4 is 17.6 Å². The maximum Gasteiger partial charge on any atom is 0.230 e. The molecule has 0 aliphatic carbocycles. The molecular weight excluding hydrogens is 321 g/mol. The minimum atomic E-state index is -0.542. The van der Waals surface area contributed by atoms with Crippen LogP contribution in [0.3, 0.4) is 0 Å². The summed E-state index contributed by atoms with van der Waals surface area (Å²) in [7, 11) is 0. The van der Waals surface area contributed by atoms with Crippen molar-refractivity contribution in [3.8, 4) is 5.75 Å². The number of non-ortho nitro benzene ring substituents is 1. The van der Waals surface area contributed by atoms with Gasteiger partial charge in [0.05, 0.1) is 4.92 Å². The Morgan fingerprint density at radius 1 is 1.32 bits per heavy atom. The van der Waals surface area contributed by atoms with Crippen LogP contribution in [-0.4, -0.2) is 16.2 Å². The second kappa shape index (κ2) is 7.11. The number of rotatable bonds is 3. The quantitative estimate of drug-likeness (QED) is 0.407. The van der Waals surface area contributed by atoms with Crippen LogP contribution in [0.25, 0.3) is 0 Å². The predicted octanol–water partition coefficient (Wildman–Crippen LogP) is 2.73. The standard InChI is InChI=1S/C13H8N2O3.Y/c16-13-7-6-12(15(17)18)8-10(13)9-14-11-4-2-1-3-5-11;/h1-4,6-8,16H;/q-2;. The van der Waals surface area contributed by atoms with E-state index in [1.807, 2.05) is 0 Å². The van der Waals surface area contributed by atoms with Gasteiger partial charge < -0.3 is 10.1 Å². The van der Waals surface area contributed by atoms with Crippen LogP contribution in [0.1, 0.15) is 5.56 Å². The van der Waals surface area contributed by atoms with Gasteiger partial charge in [-0.1, -0.05) is 17.7 Å². The summed E-state index contributed by atoms with van der Waals surface area (Å²) in [6.07, 6.45) is 2.56. The van der Waals surface area contributed by atoms with Gasteiger partial charge in [0.25, 0.3) is 0 Å². The smallest absolute Gasteiger partial charge is 0.230 e. The summed E-state index contributed by atoms with van der Waals surface area (Å²) in [6.45, 7) is 0. The van der Waals surface area contributed by atoms with Gasteiger partial charge >= 0.3 is 0 Å². The number of hydrogen-bond acceptors (Lipinski definition) is 4. The molecule has 0 atom stereocenters. The first-order chi connectivity index (χ1) is 8.66. The van der Waals surface area contributed by atoms with Crippen LogP contribution in [0.15, 0.2) is 47.5 Å². The predicted molar refractivity (Wildman–Crippen MR) is 66.2 cm³/mol. The second-order valence-electron chi connectivity index (χ2n) is 3.43. The van der Waals surface area contributed by atoms with E-state index in [9.17, 15) is 15.2 Å². The second-order valence-corrected chi connectivity index (χ2v) is 3.43. The van der Waals surface area contributed by atoms with E-state index in [1.165, 1.54) is 18.2 Å². The Morgan fingerprint density at radius 2 is 2.11 bits per heavy atom. The van der Waals surface area contributed by atoms with Crippen LogP contribution in [0.2, 0.25) is 0 Å². The largest absolute Gasteiger partial charge is 0.551 e. The molecule has 5 nitrogen and oxygen atoms in total. The molecule has 0 heterocycles. The first-order valence-electron chi connectivity index (χ1n) is 5.07. The Balaban J connectivity index is 0.00000180. The van der Waals surface area contributed by atoms with Crippen molar-refractivity contribution in [3.63, 3.8) is 0 Å². The van der Waals surface area contributed by atoms with Crippen LogP contribution in [0, 0.1) is 16.2 Å². The summed E-state index contributed by atoms with van der Waals surface area (Å²) in [5.74, 6) is -0.111. The van der Waals surface area contributed by atoms with Crippen molar-refractivity contribution in [2.45, 2.75) is 0 Å². The zero-order chi connectivity index (χ0) is 13.0. The van der Waals surface area contributed by atoms with Crippen LogP contribution in [0.5, 0.6) is 5.75 Å². The Labute approximate surface area is 135 Å². The molecule has 2 aromatic carbocycles. The molecule has 2 rings (SSSR count). The maximum atomic E-state index is 10.6. The summed E-state index contributed by atoms with van der Waals surface area (Å²) in [5, 5.41) is 20.1. The summed E-state index contributed by atoms with van der Waals surface area (Å²) in [6, 6.07) is 13.5. The molecule has 0 bridgehead atoms. The number of nitrogens with zero attached hydrogens (tertiary/aromatic N) is 2. The van der Waals surface area contributed by atoms with E-state index < -0.39 is 4.92 Å². The molecule has 0 aliphatic rings. The fourth-order valence-corrected chi connectivity index (χ4v) is 1.30. The topological polar surface area (TPSA) is 75.7 Å². The minimum absolute atomic E-state index is 0. The number of aromatic hydroxyl groups is 1. The van der Waals surface area contributed by atoms with Gasteiger partial charge in [-0.15, -0.1) is 5.69 Å². The molecule has 0 unspecified atom stereocenters. The molecule has 0 aromatic heterocycles. The number of hydrogen-bond donors (Lipinski definition) is 1. The number of aliphatic imine (C=N–C) groups is 1. The van der Waals surface area contributed by atoms with Crippen LogP contribution in [-0.2, 0) is 32.7 Å². The summed E-state index contributed by atoms with van der Waals surface area (Å²) in [4.78, 5) is 14.0. The molecule has 1 radical (unpaired) electrons. The average molecular weight is 329 g/mol. The maximum absolute atomic E-state index is 10.6. The van der Waals surface area contributed by atoms with Crippen molar-refractivity contribution in [2.75, 3.05) is 0 Å². The third-order valence-electron chi connectivity index (χ3n) is 2.18. The van der Waals surface area contributed by atoms with Crippen LogP contribution in [0.4, 0.5) is 11.4 Å². The SMILES string of the molecule is O=[N+]([O-])c1ccc(O)c([C-]=Nc2[c-]cccc2)c1.[Y]. The Kier molecular flexibility index (Phi) is 5.79. The fourth-order valence-electron chi connectivity index (χ4n) is 1.30. The Bertz CT molecular complexity index is 600. The average Bonchev–Trinajstić information content (AvgIpc) is 2.38. The zero-order valence-electron chi connectivity index (χ0n) is 9.78. The minimum Gasteiger partial charge on any atom is -0.551 e. The van der Waals surface area contributed by atoms with E-state index in [0.29, 0.717) is 5.69 Å². The molecule has 0 aliphatic heterocycles. The number of nitro benzene ring substituents is 1. The van der Waals surface area contributed by atoms with E-state index >= 15 is 0 Å². The van der Waals surface area contributed by atoms with Gasteiger partial charge in [0.15, 0.2) is 0 Å². The number of phenols is 1. The normalized spacial score (nSPS) is 10.1. The van der Waals surface area contributed by atoms with Gasteiger partial charge in [0.2, 0.25) is 5.69 Å². The molecule has 0 saturated carbocycles. The van der Waals surface area contributed by atoms with Gasteiger partial charge in [0, 0.05) is 44.5 Å². The van der Waals surface area contributed by atoms with Gasteiger partial charge in [-0.3, -0.25) is 10.1 Å². The first kappa shape index (κ1) is 15.5.